The Morgan fingerprint density at radius 2 is 2.00 bits per heavy atom. The van der Waals surface area contributed by atoms with E-state index in [2.05, 4.69) is 10.1 Å². The van der Waals surface area contributed by atoms with Gasteiger partial charge in [-0.1, -0.05) is 18.2 Å². The normalized spacial score (nSPS) is 11.7. The molecule has 0 unspecified atom stereocenters. The van der Waals surface area contributed by atoms with Gasteiger partial charge in [0.1, 0.15) is 17.7 Å². The fourth-order valence-electron chi connectivity index (χ4n) is 2.08. The van der Waals surface area contributed by atoms with Gasteiger partial charge in [-0.15, -0.1) is 11.3 Å². The van der Waals surface area contributed by atoms with Gasteiger partial charge in [-0.25, -0.2) is 18.1 Å². The molecule has 3 aromatic rings. The lowest BCUT2D eigenvalue weighted by Gasteiger charge is -2.05. The highest BCUT2D eigenvalue weighted by Crippen LogP contribution is 2.28. The summed E-state index contributed by atoms with van der Waals surface area (Å²) in [7, 11) is -3.37. The lowest BCUT2D eigenvalue weighted by molar-refractivity contribution is 0.595. The predicted molar refractivity (Wildman–Crippen MR) is 81.3 cm³/mol. The second kappa shape index (κ2) is 5.42. The number of rotatable bonds is 4. The van der Waals surface area contributed by atoms with Crippen molar-refractivity contribution < 1.29 is 8.42 Å². The number of nitrogens with zero attached hydrogens (tertiary/aromatic N) is 3. The quantitative estimate of drug-likeness (QED) is 0.741. The molecule has 21 heavy (non-hydrogen) atoms. The molecular weight excluding hydrogens is 306 g/mol. The van der Waals surface area contributed by atoms with E-state index < -0.39 is 9.84 Å². The van der Waals surface area contributed by atoms with Crippen molar-refractivity contribution in [2.24, 2.45) is 0 Å². The van der Waals surface area contributed by atoms with E-state index in [9.17, 15) is 8.42 Å². The third-order valence-corrected chi connectivity index (χ3v) is 5.75. The third kappa shape index (κ3) is 2.88. The largest absolute Gasteiger partial charge is 0.223 e. The van der Waals surface area contributed by atoms with Crippen LogP contribution in [0.1, 0.15) is 10.4 Å². The van der Waals surface area contributed by atoms with Crippen molar-refractivity contribution in [1.82, 2.24) is 14.8 Å². The van der Waals surface area contributed by atoms with Crippen molar-refractivity contribution in [3.8, 4) is 5.00 Å². The van der Waals surface area contributed by atoms with Gasteiger partial charge in [0.25, 0.3) is 0 Å². The molecule has 1 aromatic carbocycles. The molecule has 0 atom stereocenters. The first-order chi connectivity index (χ1) is 10.1. The summed E-state index contributed by atoms with van der Waals surface area (Å²) < 4.78 is 26.6. The molecular formula is C14H13N3O2S2. The Kier molecular flexibility index (Phi) is 3.60. The highest BCUT2D eigenvalue weighted by molar-refractivity contribution is 7.90. The van der Waals surface area contributed by atoms with Crippen molar-refractivity contribution in [3.05, 3.63) is 59.5 Å². The molecule has 0 amide bonds. The van der Waals surface area contributed by atoms with E-state index in [0.717, 1.165) is 15.4 Å². The Hall–Kier alpha value is -1.99. The second-order valence-corrected chi connectivity index (χ2v) is 7.82. The number of aryl methyl sites for hydroxylation is 1. The first-order valence-corrected chi connectivity index (χ1v) is 8.75. The Labute approximate surface area is 126 Å². The van der Waals surface area contributed by atoms with Gasteiger partial charge >= 0.3 is 0 Å². The summed E-state index contributed by atoms with van der Waals surface area (Å²) in [6, 6.07) is 10.4. The highest BCUT2D eigenvalue weighted by Gasteiger charge is 2.19. The van der Waals surface area contributed by atoms with Crippen molar-refractivity contribution in [2.45, 2.75) is 17.6 Å². The van der Waals surface area contributed by atoms with Crippen LogP contribution in [-0.2, 0) is 15.6 Å². The van der Waals surface area contributed by atoms with Crippen LogP contribution in [0.3, 0.4) is 0 Å². The molecule has 7 heteroatoms. The summed E-state index contributed by atoms with van der Waals surface area (Å²) in [5.41, 5.74) is 0.742. The van der Waals surface area contributed by atoms with E-state index in [-0.39, 0.29) is 5.75 Å². The van der Waals surface area contributed by atoms with Crippen LogP contribution in [0.2, 0.25) is 0 Å². The van der Waals surface area contributed by atoms with E-state index in [1.807, 2.05) is 13.0 Å². The predicted octanol–water partition coefficient (Wildman–Crippen LogP) is 2.61. The van der Waals surface area contributed by atoms with E-state index in [4.69, 9.17) is 0 Å². The number of benzene rings is 1. The Morgan fingerprint density at radius 3 is 2.67 bits per heavy atom. The van der Waals surface area contributed by atoms with Crippen LogP contribution in [0.15, 0.2) is 53.9 Å². The van der Waals surface area contributed by atoms with Crippen molar-refractivity contribution >= 4 is 21.2 Å². The minimum atomic E-state index is -3.37. The van der Waals surface area contributed by atoms with Gasteiger partial charge in [0, 0.05) is 10.4 Å². The monoisotopic (exact) mass is 319 g/mol. The van der Waals surface area contributed by atoms with Crippen molar-refractivity contribution in [1.29, 1.82) is 0 Å². The highest BCUT2D eigenvalue weighted by atomic mass is 32.2. The molecule has 2 aromatic heterocycles. The minimum absolute atomic E-state index is 0.0451. The molecule has 0 saturated carbocycles. The van der Waals surface area contributed by atoms with E-state index in [1.165, 1.54) is 17.7 Å². The third-order valence-electron chi connectivity index (χ3n) is 2.98. The minimum Gasteiger partial charge on any atom is -0.223 e. The average Bonchev–Trinajstić information content (AvgIpc) is 3.09. The SMILES string of the molecule is Cc1cc(CS(=O)(=O)c2ccccc2)c(-n2cncn2)s1. The number of hydrogen-bond acceptors (Lipinski definition) is 5. The zero-order chi connectivity index (χ0) is 14.9. The smallest absolute Gasteiger partial charge is 0.182 e. The Balaban J connectivity index is 2.00. The van der Waals surface area contributed by atoms with Crippen LogP contribution in [0.4, 0.5) is 0 Å². The number of sulfone groups is 1. The number of thiophene rings is 1. The number of aromatic nitrogens is 3. The average molecular weight is 319 g/mol. The Morgan fingerprint density at radius 1 is 1.24 bits per heavy atom. The molecule has 3 rings (SSSR count). The fourth-order valence-corrected chi connectivity index (χ4v) is 4.50. The van der Waals surface area contributed by atoms with Crippen molar-refractivity contribution in [3.63, 3.8) is 0 Å². The summed E-state index contributed by atoms with van der Waals surface area (Å²) in [4.78, 5) is 5.29. The molecule has 0 N–H and O–H groups in total. The first-order valence-electron chi connectivity index (χ1n) is 6.28. The second-order valence-electron chi connectivity index (χ2n) is 4.60. The van der Waals surface area contributed by atoms with Crippen LogP contribution in [0, 0.1) is 6.92 Å². The molecule has 0 aliphatic carbocycles. The maximum atomic E-state index is 12.5. The summed E-state index contributed by atoms with van der Waals surface area (Å²) in [6.07, 6.45) is 3.01. The van der Waals surface area contributed by atoms with Gasteiger partial charge < -0.3 is 0 Å². The topological polar surface area (TPSA) is 64.8 Å². The van der Waals surface area contributed by atoms with Crippen molar-refractivity contribution in [2.75, 3.05) is 0 Å². The summed E-state index contributed by atoms with van der Waals surface area (Å²) in [6.45, 7) is 1.95. The lowest BCUT2D eigenvalue weighted by atomic mass is 10.3. The zero-order valence-corrected chi connectivity index (χ0v) is 12.9. The van der Waals surface area contributed by atoms with Gasteiger partial charge in [0.2, 0.25) is 0 Å². The van der Waals surface area contributed by atoms with E-state index in [0.29, 0.717) is 4.90 Å². The van der Waals surface area contributed by atoms with Crippen LogP contribution in [0.25, 0.3) is 5.00 Å². The van der Waals surface area contributed by atoms with Gasteiger partial charge in [-0.3, -0.25) is 0 Å². The number of hydrogen-bond donors (Lipinski definition) is 0. The molecule has 0 spiro atoms. The van der Waals surface area contributed by atoms with Gasteiger partial charge in [0.15, 0.2) is 9.84 Å². The van der Waals surface area contributed by atoms with Crippen LogP contribution in [0.5, 0.6) is 0 Å². The molecule has 0 aliphatic heterocycles. The molecule has 108 valence electrons. The van der Waals surface area contributed by atoms with Gasteiger partial charge in [-0.2, -0.15) is 5.10 Å². The van der Waals surface area contributed by atoms with Crippen LogP contribution in [-0.4, -0.2) is 23.2 Å². The van der Waals surface area contributed by atoms with Gasteiger partial charge in [-0.05, 0) is 25.1 Å². The maximum absolute atomic E-state index is 12.5. The lowest BCUT2D eigenvalue weighted by Crippen LogP contribution is -2.06. The fraction of sp³-hybridized carbons (Fsp3) is 0.143. The summed E-state index contributed by atoms with van der Waals surface area (Å²) in [5, 5.41) is 4.88. The van der Waals surface area contributed by atoms with Gasteiger partial charge in [0.05, 0.1) is 10.6 Å². The van der Waals surface area contributed by atoms with E-state index in [1.54, 1.807) is 41.3 Å². The zero-order valence-electron chi connectivity index (χ0n) is 11.3. The molecule has 0 aliphatic rings. The standard InChI is InChI=1S/C14H13N3O2S2/c1-11-7-12(14(20-11)17-10-15-9-16-17)8-21(18,19)13-5-3-2-4-6-13/h2-7,9-10H,8H2,1H3. The molecule has 5 nitrogen and oxygen atoms in total. The Bertz CT molecular complexity index is 838. The molecule has 0 fully saturated rings. The molecule has 0 saturated heterocycles. The molecule has 0 bridgehead atoms. The summed E-state index contributed by atoms with van der Waals surface area (Å²) >= 11 is 1.50. The first kappa shape index (κ1) is 14.0. The van der Waals surface area contributed by atoms with Crippen LogP contribution < -0.4 is 0 Å². The van der Waals surface area contributed by atoms with E-state index >= 15 is 0 Å². The van der Waals surface area contributed by atoms with Crippen LogP contribution >= 0.6 is 11.3 Å². The summed E-state index contributed by atoms with van der Waals surface area (Å²) in [5.74, 6) is -0.0451. The molecule has 2 heterocycles. The molecule has 0 radical (unpaired) electrons. The maximum Gasteiger partial charge on any atom is 0.182 e.